The van der Waals surface area contributed by atoms with E-state index >= 15 is 0 Å². The smallest absolute Gasteiger partial charge is 0.230 e. The minimum atomic E-state index is -0.00716. The van der Waals surface area contributed by atoms with Crippen LogP contribution in [-0.4, -0.2) is 18.6 Å². The Balaban J connectivity index is 2.09. The Hall–Kier alpha value is -0.620. The molecular formula is C14H18INO2. The number of anilines is 1. The lowest BCUT2D eigenvalue weighted by atomic mass is 9.98. The summed E-state index contributed by atoms with van der Waals surface area (Å²) >= 11 is 2.25. The molecule has 0 aromatic heterocycles. The number of ether oxygens (including phenoxy) is 1. The number of hydrogen-bond acceptors (Lipinski definition) is 2. The van der Waals surface area contributed by atoms with Gasteiger partial charge in [-0.15, -0.1) is 0 Å². The number of halogens is 1. The van der Waals surface area contributed by atoms with Crippen LogP contribution >= 0.6 is 22.6 Å². The summed E-state index contributed by atoms with van der Waals surface area (Å²) in [4.78, 5) is 12.3. The predicted octanol–water partition coefficient (Wildman–Crippen LogP) is 3.35. The van der Waals surface area contributed by atoms with Gasteiger partial charge in [-0.05, 0) is 60.1 Å². The molecule has 1 fully saturated rings. The Kier molecular flexibility index (Phi) is 4.61. The zero-order valence-corrected chi connectivity index (χ0v) is 12.9. The minimum absolute atomic E-state index is 0.00716. The quantitative estimate of drug-likeness (QED) is 0.841. The van der Waals surface area contributed by atoms with E-state index in [1.165, 1.54) is 0 Å². The summed E-state index contributed by atoms with van der Waals surface area (Å²) in [6, 6.07) is 6.07. The third-order valence-corrected chi connectivity index (χ3v) is 4.08. The van der Waals surface area contributed by atoms with Gasteiger partial charge < -0.3 is 10.1 Å². The first-order chi connectivity index (χ1) is 8.61. The molecule has 1 aromatic carbocycles. The molecule has 2 atom stereocenters. The molecule has 0 aliphatic carbocycles. The van der Waals surface area contributed by atoms with Crippen molar-refractivity contribution >= 4 is 34.2 Å². The fourth-order valence-corrected chi connectivity index (χ4v) is 2.80. The van der Waals surface area contributed by atoms with Gasteiger partial charge in [0.1, 0.15) is 0 Å². The van der Waals surface area contributed by atoms with Gasteiger partial charge in [-0.1, -0.05) is 13.0 Å². The second-order valence-electron chi connectivity index (χ2n) is 4.66. The van der Waals surface area contributed by atoms with Crippen LogP contribution in [0.3, 0.4) is 0 Å². The standard InChI is InChI=1S/C14H18INO2/c1-3-13-11(6-7-18-13)14(17)16-12-8-10(15)5-4-9(12)2/h4-5,8,11,13H,3,6-7H2,1-2H3,(H,16,17). The van der Waals surface area contributed by atoms with Crippen molar-refractivity contribution in [3.05, 3.63) is 27.3 Å². The Labute approximate surface area is 121 Å². The number of carbonyl (C=O) groups excluding carboxylic acids is 1. The van der Waals surface area contributed by atoms with Gasteiger partial charge >= 0.3 is 0 Å². The van der Waals surface area contributed by atoms with Crippen LogP contribution in [0.4, 0.5) is 5.69 Å². The largest absolute Gasteiger partial charge is 0.377 e. The molecule has 1 aliphatic heterocycles. The molecular weight excluding hydrogens is 341 g/mol. The first kappa shape index (κ1) is 13.8. The summed E-state index contributed by atoms with van der Waals surface area (Å²) in [5, 5.41) is 3.03. The number of nitrogens with one attached hydrogen (secondary N) is 1. The molecule has 3 nitrogen and oxygen atoms in total. The summed E-state index contributed by atoms with van der Waals surface area (Å²) in [5.74, 6) is 0.0803. The lowest BCUT2D eigenvalue weighted by Gasteiger charge is -2.17. The molecule has 1 aliphatic rings. The van der Waals surface area contributed by atoms with Gasteiger partial charge in [0.05, 0.1) is 12.0 Å². The van der Waals surface area contributed by atoms with Crippen molar-refractivity contribution in [3.8, 4) is 0 Å². The van der Waals surface area contributed by atoms with Crippen LogP contribution in [0.1, 0.15) is 25.3 Å². The van der Waals surface area contributed by atoms with Crippen LogP contribution in [0.2, 0.25) is 0 Å². The Morgan fingerprint density at radius 1 is 1.56 bits per heavy atom. The fourth-order valence-electron chi connectivity index (χ4n) is 2.31. The summed E-state index contributed by atoms with van der Waals surface area (Å²) in [5.41, 5.74) is 2.00. The average Bonchev–Trinajstić information content (AvgIpc) is 2.82. The topological polar surface area (TPSA) is 38.3 Å². The lowest BCUT2D eigenvalue weighted by Crippen LogP contribution is -2.29. The molecule has 1 heterocycles. The molecule has 0 bridgehead atoms. The lowest BCUT2D eigenvalue weighted by molar-refractivity contribution is -0.121. The van der Waals surface area contributed by atoms with Crippen LogP contribution in [0.5, 0.6) is 0 Å². The highest BCUT2D eigenvalue weighted by atomic mass is 127. The zero-order valence-electron chi connectivity index (χ0n) is 10.7. The van der Waals surface area contributed by atoms with Gasteiger partial charge in [-0.25, -0.2) is 0 Å². The molecule has 0 spiro atoms. The van der Waals surface area contributed by atoms with E-state index in [4.69, 9.17) is 4.74 Å². The molecule has 2 unspecified atom stereocenters. The molecule has 4 heteroatoms. The Bertz CT molecular complexity index is 447. The van der Waals surface area contributed by atoms with Crippen molar-refractivity contribution < 1.29 is 9.53 Å². The van der Waals surface area contributed by atoms with Crippen LogP contribution in [0.15, 0.2) is 18.2 Å². The maximum atomic E-state index is 12.3. The number of rotatable bonds is 3. The molecule has 1 amide bonds. The van der Waals surface area contributed by atoms with E-state index in [1.54, 1.807) is 0 Å². The van der Waals surface area contributed by atoms with E-state index in [0.717, 1.165) is 27.7 Å². The molecule has 0 radical (unpaired) electrons. The fraction of sp³-hybridized carbons (Fsp3) is 0.500. The van der Waals surface area contributed by atoms with Gasteiger partial charge in [-0.2, -0.15) is 0 Å². The number of benzene rings is 1. The second kappa shape index (κ2) is 6.02. The summed E-state index contributed by atoms with van der Waals surface area (Å²) in [7, 11) is 0. The molecule has 1 aromatic rings. The van der Waals surface area contributed by atoms with Crippen LogP contribution in [-0.2, 0) is 9.53 Å². The summed E-state index contributed by atoms with van der Waals surface area (Å²) in [6.07, 6.45) is 1.80. The first-order valence-corrected chi connectivity index (χ1v) is 7.38. The second-order valence-corrected chi connectivity index (χ2v) is 5.91. The number of amides is 1. The van der Waals surface area contributed by atoms with E-state index in [0.29, 0.717) is 6.61 Å². The molecule has 1 N–H and O–H groups in total. The van der Waals surface area contributed by atoms with E-state index in [2.05, 4.69) is 34.8 Å². The molecule has 2 rings (SSSR count). The van der Waals surface area contributed by atoms with E-state index in [1.807, 2.05) is 25.1 Å². The predicted molar refractivity (Wildman–Crippen MR) is 80.7 cm³/mol. The monoisotopic (exact) mass is 359 g/mol. The van der Waals surface area contributed by atoms with Crippen molar-refractivity contribution in [2.75, 3.05) is 11.9 Å². The maximum Gasteiger partial charge on any atom is 0.230 e. The van der Waals surface area contributed by atoms with Crippen molar-refractivity contribution in [1.82, 2.24) is 0 Å². The normalized spacial score (nSPS) is 23.1. The maximum absolute atomic E-state index is 12.3. The molecule has 1 saturated heterocycles. The van der Waals surface area contributed by atoms with E-state index in [-0.39, 0.29) is 17.9 Å². The molecule has 18 heavy (non-hydrogen) atoms. The number of hydrogen-bond donors (Lipinski definition) is 1. The van der Waals surface area contributed by atoms with Gasteiger partial charge in [0.25, 0.3) is 0 Å². The van der Waals surface area contributed by atoms with Crippen LogP contribution < -0.4 is 5.32 Å². The Morgan fingerprint density at radius 2 is 2.33 bits per heavy atom. The summed E-state index contributed by atoms with van der Waals surface area (Å²) in [6.45, 7) is 4.77. The van der Waals surface area contributed by atoms with Crippen LogP contribution in [0, 0.1) is 16.4 Å². The molecule has 0 saturated carbocycles. The van der Waals surface area contributed by atoms with Gasteiger partial charge in [-0.3, -0.25) is 4.79 Å². The third kappa shape index (κ3) is 3.03. The van der Waals surface area contributed by atoms with Crippen molar-refractivity contribution in [2.45, 2.75) is 32.8 Å². The summed E-state index contributed by atoms with van der Waals surface area (Å²) < 4.78 is 6.69. The number of aryl methyl sites for hydroxylation is 1. The van der Waals surface area contributed by atoms with Crippen molar-refractivity contribution in [1.29, 1.82) is 0 Å². The highest BCUT2D eigenvalue weighted by Crippen LogP contribution is 2.26. The zero-order chi connectivity index (χ0) is 13.1. The van der Waals surface area contributed by atoms with E-state index in [9.17, 15) is 4.79 Å². The highest BCUT2D eigenvalue weighted by Gasteiger charge is 2.32. The van der Waals surface area contributed by atoms with Gasteiger partial charge in [0, 0.05) is 15.9 Å². The minimum Gasteiger partial charge on any atom is -0.377 e. The SMILES string of the molecule is CCC1OCCC1C(=O)Nc1cc(I)ccc1C. The van der Waals surface area contributed by atoms with Gasteiger partial charge in [0.2, 0.25) is 5.91 Å². The first-order valence-electron chi connectivity index (χ1n) is 6.30. The number of carbonyl (C=O) groups is 1. The van der Waals surface area contributed by atoms with Crippen molar-refractivity contribution in [3.63, 3.8) is 0 Å². The average molecular weight is 359 g/mol. The van der Waals surface area contributed by atoms with E-state index < -0.39 is 0 Å². The van der Waals surface area contributed by atoms with Gasteiger partial charge in [0.15, 0.2) is 0 Å². The highest BCUT2D eigenvalue weighted by molar-refractivity contribution is 14.1. The Morgan fingerprint density at radius 3 is 3.06 bits per heavy atom. The molecule has 98 valence electrons. The van der Waals surface area contributed by atoms with Crippen LogP contribution in [0.25, 0.3) is 0 Å². The third-order valence-electron chi connectivity index (χ3n) is 3.41. The van der Waals surface area contributed by atoms with Crippen molar-refractivity contribution in [2.24, 2.45) is 5.92 Å².